The van der Waals surface area contributed by atoms with Crippen molar-refractivity contribution in [3.8, 4) is 28.4 Å². The van der Waals surface area contributed by atoms with Crippen LogP contribution in [-0.4, -0.2) is 24.7 Å². The van der Waals surface area contributed by atoms with Crippen molar-refractivity contribution >= 4 is 5.91 Å². The molecule has 5 nitrogen and oxygen atoms in total. The lowest BCUT2D eigenvalue weighted by Crippen LogP contribution is -2.23. The van der Waals surface area contributed by atoms with Gasteiger partial charge in [-0.05, 0) is 48.4 Å². The van der Waals surface area contributed by atoms with E-state index in [0.717, 1.165) is 29.1 Å². The van der Waals surface area contributed by atoms with E-state index in [4.69, 9.17) is 9.47 Å². The molecule has 0 fully saturated rings. The highest BCUT2D eigenvalue weighted by atomic mass is 19.4. The maximum absolute atomic E-state index is 13.2. The highest BCUT2D eigenvalue weighted by molar-refractivity contribution is 5.97. The molecule has 36 heavy (non-hydrogen) atoms. The van der Waals surface area contributed by atoms with Crippen molar-refractivity contribution in [2.45, 2.75) is 19.6 Å². The van der Waals surface area contributed by atoms with Crippen molar-refractivity contribution in [1.29, 1.82) is 0 Å². The van der Waals surface area contributed by atoms with Crippen LogP contribution in [0.2, 0.25) is 0 Å². The van der Waals surface area contributed by atoms with Crippen LogP contribution in [0.25, 0.3) is 16.9 Å². The summed E-state index contributed by atoms with van der Waals surface area (Å²) in [6.45, 7) is 1.78. The van der Waals surface area contributed by atoms with Gasteiger partial charge in [-0.2, -0.15) is 13.2 Å². The number of nitrogens with zero attached hydrogens (tertiary/aromatic N) is 1. The van der Waals surface area contributed by atoms with E-state index in [1.54, 1.807) is 32.4 Å². The minimum Gasteiger partial charge on any atom is -0.493 e. The molecular weight excluding hydrogens is 469 g/mol. The minimum absolute atomic E-state index is 0.0373. The summed E-state index contributed by atoms with van der Waals surface area (Å²) in [7, 11) is 3.11. The zero-order valence-corrected chi connectivity index (χ0v) is 20.0. The van der Waals surface area contributed by atoms with E-state index in [0.29, 0.717) is 28.3 Å². The van der Waals surface area contributed by atoms with E-state index in [1.165, 1.54) is 6.07 Å². The molecule has 4 aromatic rings. The Bertz CT molecular complexity index is 1380. The average molecular weight is 495 g/mol. The third-order valence-electron chi connectivity index (χ3n) is 5.89. The van der Waals surface area contributed by atoms with Crippen LogP contribution in [0.15, 0.2) is 78.9 Å². The largest absolute Gasteiger partial charge is 0.493 e. The van der Waals surface area contributed by atoms with Gasteiger partial charge in [0.1, 0.15) is 0 Å². The third kappa shape index (κ3) is 5.07. The van der Waals surface area contributed by atoms with Crippen molar-refractivity contribution < 1.29 is 27.4 Å². The van der Waals surface area contributed by atoms with Gasteiger partial charge in [-0.25, -0.2) is 0 Å². The average Bonchev–Trinajstić information content (AvgIpc) is 3.24. The first-order chi connectivity index (χ1) is 17.2. The monoisotopic (exact) mass is 494 g/mol. The van der Waals surface area contributed by atoms with Crippen molar-refractivity contribution in [2.24, 2.45) is 0 Å². The van der Waals surface area contributed by atoms with Crippen molar-refractivity contribution in [2.75, 3.05) is 14.2 Å². The summed E-state index contributed by atoms with van der Waals surface area (Å²) >= 11 is 0. The molecule has 1 amide bonds. The molecular formula is C28H25F3N2O3. The lowest BCUT2D eigenvalue weighted by atomic mass is 10.1. The summed E-state index contributed by atoms with van der Waals surface area (Å²) in [6.07, 6.45) is -4.45. The summed E-state index contributed by atoms with van der Waals surface area (Å²) < 4.78 is 51.9. The molecule has 0 radical (unpaired) electrons. The summed E-state index contributed by atoms with van der Waals surface area (Å²) in [5, 5.41) is 2.75. The van der Waals surface area contributed by atoms with Crippen molar-refractivity contribution in [3.05, 3.63) is 101 Å². The van der Waals surface area contributed by atoms with Crippen LogP contribution < -0.4 is 14.8 Å². The smallest absolute Gasteiger partial charge is 0.416 e. The highest BCUT2D eigenvalue weighted by Gasteiger charge is 2.30. The molecule has 1 heterocycles. The summed E-state index contributed by atoms with van der Waals surface area (Å²) in [5.41, 5.74) is 3.13. The molecule has 0 aliphatic rings. The summed E-state index contributed by atoms with van der Waals surface area (Å²) in [4.78, 5) is 13.2. The Hall–Kier alpha value is -4.20. The molecule has 0 unspecified atom stereocenters. The Morgan fingerprint density at radius 3 is 2.28 bits per heavy atom. The van der Waals surface area contributed by atoms with Crippen molar-refractivity contribution in [3.63, 3.8) is 0 Å². The molecule has 0 atom stereocenters. The van der Waals surface area contributed by atoms with E-state index >= 15 is 0 Å². The Labute approximate surface area is 207 Å². The number of benzene rings is 3. The fraction of sp³-hybridized carbons (Fsp3) is 0.179. The molecule has 0 saturated heterocycles. The lowest BCUT2D eigenvalue weighted by molar-refractivity contribution is -0.137. The predicted molar refractivity (Wildman–Crippen MR) is 132 cm³/mol. The van der Waals surface area contributed by atoms with Gasteiger partial charge in [-0.3, -0.25) is 4.79 Å². The standard InChI is InChI=1S/C28H25F3N2O3/c1-18-23(27(34)32-17-19-8-7-11-21(14-19)28(29,30)31)16-24(20-9-5-4-6-10-20)33(18)22-12-13-25(35-2)26(15-22)36-3/h4-16H,17H2,1-3H3,(H,32,34). The zero-order valence-electron chi connectivity index (χ0n) is 20.0. The summed E-state index contributed by atoms with van der Waals surface area (Å²) in [6, 6.07) is 21.8. The van der Waals surface area contributed by atoms with Gasteiger partial charge in [-0.1, -0.05) is 42.5 Å². The number of rotatable bonds is 7. The second kappa shape index (κ2) is 10.2. The molecule has 0 aliphatic heterocycles. The fourth-order valence-electron chi connectivity index (χ4n) is 4.09. The van der Waals surface area contributed by atoms with Gasteiger partial charge in [0.15, 0.2) is 11.5 Å². The molecule has 8 heteroatoms. The summed E-state index contributed by atoms with van der Waals surface area (Å²) in [5.74, 6) is 0.727. The number of amides is 1. The molecule has 1 N–H and O–H groups in total. The number of nitrogens with one attached hydrogen (secondary N) is 1. The lowest BCUT2D eigenvalue weighted by Gasteiger charge is -2.15. The molecule has 0 bridgehead atoms. The maximum atomic E-state index is 13.2. The zero-order chi connectivity index (χ0) is 25.9. The predicted octanol–water partition coefficient (Wildman–Crippen LogP) is 6.42. The molecule has 0 aliphatic carbocycles. The van der Waals surface area contributed by atoms with Gasteiger partial charge in [-0.15, -0.1) is 0 Å². The first-order valence-electron chi connectivity index (χ1n) is 11.2. The normalized spacial score (nSPS) is 11.3. The molecule has 0 saturated carbocycles. The van der Waals surface area contributed by atoms with Crippen LogP contribution in [-0.2, 0) is 12.7 Å². The van der Waals surface area contributed by atoms with Gasteiger partial charge in [0, 0.05) is 24.0 Å². The van der Waals surface area contributed by atoms with Gasteiger partial charge in [0.2, 0.25) is 0 Å². The number of methoxy groups -OCH3 is 2. The Kier molecular flexibility index (Phi) is 7.05. The van der Waals surface area contributed by atoms with Crippen molar-refractivity contribution in [1.82, 2.24) is 9.88 Å². The van der Waals surface area contributed by atoms with E-state index < -0.39 is 11.7 Å². The number of carbonyl (C=O) groups excluding carboxylic acids is 1. The fourth-order valence-corrected chi connectivity index (χ4v) is 4.09. The number of halogens is 3. The number of ether oxygens (including phenoxy) is 2. The number of hydrogen-bond acceptors (Lipinski definition) is 3. The highest BCUT2D eigenvalue weighted by Crippen LogP contribution is 2.34. The molecule has 186 valence electrons. The number of carbonyl (C=O) groups is 1. The Balaban J connectivity index is 1.71. The van der Waals surface area contributed by atoms with Gasteiger partial charge in [0.25, 0.3) is 5.91 Å². The Morgan fingerprint density at radius 2 is 1.61 bits per heavy atom. The van der Waals surface area contributed by atoms with Gasteiger partial charge in [0.05, 0.1) is 31.0 Å². The number of alkyl halides is 3. The molecule has 1 aromatic heterocycles. The van der Waals surface area contributed by atoms with E-state index in [-0.39, 0.29) is 12.5 Å². The van der Waals surface area contributed by atoms with Crippen LogP contribution in [0.3, 0.4) is 0 Å². The molecule has 4 rings (SSSR count). The van der Waals surface area contributed by atoms with Crippen LogP contribution in [0, 0.1) is 6.92 Å². The van der Waals surface area contributed by atoms with E-state index in [9.17, 15) is 18.0 Å². The van der Waals surface area contributed by atoms with Crippen LogP contribution in [0.4, 0.5) is 13.2 Å². The van der Waals surface area contributed by atoms with Gasteiger partial charge >= 0.3 is 6.18 Å². The molecule has 3 aromatic carbocycles. The Morgan fingerprint density at radius 1 is 0.889 bits per heavy atom. The maximum Gasteiger partial charge on any atom is 0.416 e. The molecule has 0 spiro atoms. The van der Waals surface area contributed by atoms with Gasteiger partial charge < -0.3 is 19.4 Å². The number of aromatic nitrogens is 1. The quantitative estimate of drug-likeness (QED) is 0.323. The second-order valence-electron chi connectivity index (χ2n) is 8.15. The minimum atomic E-state index is -4.45. The van der Waals surface area contributed by atoms with E-state index in [2.05, 4.69) is 5.32 Å². The van der Waals surface area contributed by atoms with Crippen LogP contribution in [0.5, 0.6) is 11.5 Å². The van der Waals surface area contributed by atoms with Crippen LogP contribution in [0.1, 0.15) is 27.2 Å². The number of hydrogen-bond donors (Lipinski definition) is 1. The second-order valence-corrected chi connectivity index (χ2v) is 8.15. The van der Waals surface area contributed by atoms with E-state index in [1.807, 2.05) is 54.0 Å². The third-order valence-corrected chi connectivity index (χ3v) is 5.89. The first kappa shape index (κ1) is 24.9. The SMILES string of the molecule is COc1ccc(-n2c(-c3ccccc3)cc(C(=O)NCc3cccc(C(F)(F)F)c3)c2C)cc1OC. The van der Waals surface area contributed by atoms with Crippen LogP contribution >= 0.6 is 0 Å². The topological polar surface area (TPSA) is 52.5 Å². The first-order valence-corrected chi connectivity index (χ1v) is 11.2.